The average Bonchev–Trinajstić information content (AvgIpc) is 2.82. The largest absolute Gasteiger partial charge is 0.477 e. The third kappa shape index (κ3) is 3.70. The van der Waals surface area contributed by atoms with Crippen molar-refractivity contribution in [1.29, 1.82) is 0 Å². The van der Waals surface area contributed by atoms with E-state index in [4.69, 9.17) is 5.11 Å². The monoisotopic (exact) mass is 295 g/mol. The Balaban J connectivity index is 1.81. The SMILES string of the molecule is O=C(CN1CSCC1=O)NCc1ccc(C(=O)O)nc1. The van der Waals surface area contributed by atoms with Gasteiger partial charge in [0, 0.05) is 12.7 Å². The second kappa shape index (κ2) is 6.38. The molecule has 0 radical (unpaired) electrons. The number of carbonyl (C=O) groups excluding carboxylic acids is 2. The van der Waals surface area contributed by atoms with Crippen LogP contribution in [0, 0.1) is 0 Å². The van der Waals surface area contributed by atoms with Crippen LogP contribution in [0.25, 0.3) is 0 Å². The molecule has 8 heteroatoms. The number of nitrogens with zero attached hydrogens (tertiary/aromatic N) is 2. The quantitative estimate of drug-likeness (QED) is 0.789. The smallest absolute Gasteiger partial charge is 0.354 e. The first-order valence-electron chi connectivity index (χ1n) is 5.86. The van der Waals surface area contributed by atoms with Gasteiger partial charge in [0.1, 0.15) is 12.2 Å². The van der Waals surface area contributed by atoms with Crippen molar-refractivity contribution in [2.45, 2.75) is 6.54 Å². The van der Waals surface area contributed by atoms with Crippen LogP contribution in [0.15, 0.2) is 18.3 Å². The molecule has 1 aliphatic rings. The van der Waals surface area contributed by atoms with Crippen molar-refractivity contribution in [1.82, 2.24) is 15.2 Å². The van der Waals surface area contributed by atoms with Gasteiger partial charge in [-0.2, -0.15) is 0 Å². The van der Waals surface area contributed by atoms with Crippen molar-refractivity contribution in [2.24, 2.45) is 0 Å². The lowest BCUT2D eigenvalue weighted by atomic mass is 10.2. The topological polar surface area (TPSA) is 99.6 Å². The fraction of sp³-hybridized carbons (Fsp3) is 0.333. The average molecular weight is 295 g/mol. The van der Waals surface area contributed by atoms with E-state index in [0.29, 0.717) is 17.2 Å². The molecule has 0 unspecified atom stereocenters. The summed E-state index contributed by atoms with van der Waals surface area (Å²) in [5.41, 5.74) is 0.658. The van der Waals surface area contributed by atoms with Crippen LogP contribution >= 0.6 is 11.8 Å². The summed E-state index contributed by atoms with van der Waals surface area (Å²) in [5.74, 6) is -0.402. The van der Waals surface area contributed by atoms with Gasteiger partial charge < -0.3 is 15.3 Å². The van der Waals surface area contributed by atoms with Gasteiger partial charge in [-0.1, -0.05) is 6.07 Å². The minimum absolute atomic E-state index is 0.0300. The first kappa shape index (κ1) is 14.3. The minimum atomic E-state index is -1.09. The van der Waals surface area contributed by atoms with Gasteiger partial charge in [-0.15, -0.1) is 11.8 Å². The van der Waals surface area contributed by atoms with Gasteiger partial charge in [0.25, 0.3) is 0 Å². The number of aromatic carboxylic acids is 1. The molecular formula is C12H13N3O4S. The molecule has 2 amide bonds. The predicted octanol–water partition coefficient (Wildman–Crippen LogP) is -0.0711. The van der Waals surface area contributed by atoms with E-state index in [1.807, 2.05) is 0 Å². The molecule has 0 spiro atoms. The van der Waals surface area contributed by atoms with E-state index in [9.17, 15) is 14.4 Å². The number of pyridine rings is 1. The number of thioether (sulfide) groups is 1. The third-order valence-corrected chi connectivity index (χ3v) is 3.64. The number of carboxylic acids is 1. The number of rotatable bonds is 5. The molecule has 20 heavy (non-hydrogen) atoms. The molecule has 1 aromatic heterocycles. The van der Waals surface area contributed by atoms with E-state index in [-0.39, 0.29) is 30.6 Å². The molecule has 0 atom stereocenters. The van der Waals surface area contributed by atoms with Crippen LogP contribution in [0.1, 0.15) is 16.1 Å². The van der Waals surface area contributed by atoms with Crippen LogP contribution in [0.4, 0.5) is 0 Å². The second-order valence-corrected chi connectivity index (χ2v) is 5.16. The Bertz CT molecular complexity index is 532. The highest BCUT2D eigenvalue weighted by atomic mass is 32.2. The molecule has 0 aromatic carbocycles. The fourth-order valence-corrected chi connectivity index (χ4v) is 2.53. The zero-order valence-electron chi connectivity index (χ0n) is 10.5. The van der Waals surface area contributed by atoms with E-state index in [1.54, 1.807) is 6.07 Å². The normalized spacial score (nSPS) is 14.4. The summed E-state index contributed by atoms with van der Waals surface area (Å²) in [6.07, 6.45) is 1.40. The number of hydrogen-bond donors (Lipinski definition) is 2. The maximum atomic E-state index is 11.7. The lowest BCUT2D eigenvalue weighted by Gasteiger charge is -2.14. The number of carboxylic acid groups (broad SMARTS) is 1. The van der Waals surface area contributed by atoms with Crippen molar-refractivity contribution in [3.05, 3.63) is 29.6 Å². The van der Waals surface area contributed by atoms with Crippen molar-refractivity contribution in [3.8, 4) is 0 Å². The van der Waals surface area contributed by atoms with Gasteiger partial charge >= 0.3 is 5.97 Å². The highest BCUT2D eigenvalue weighted by Gasteiger charge is 2.22. The standard InChI is InChI=1S/C12H13N3O4S/c16-10(5-15-7-20-6-11(15)17)14-4-8-1-2-9(12(18)19)13-3-8/h1-3H,4-7H2,(H,14,16)(H,18,19). The molecule has 1 aromatic rings. The predicted molar refractivity (Wildman–Crippen MR) is 72.1 cm³/mol. The van der Waals surface area contributed by atoms with E-state index >= 15 is 0 Å². The van der Waals surface area contributed by atoms with Crippen LogP contribution in [-0.4, -0.2) is 50.9 Å². The third-order valence-electron chi connectivity index (χ3n) is 2.69. The van der Waals surface area contributed by atoms with E-state index in [2.05, 4.69) is 10.3 Å². The Morgan fingerprint density at radius 3 is 2.80 bits per heavy atom. The molecule has 106 valence electrons. The molecule has 1 saturated heterocycles. The zero-order valence-corrected chi connectivity index (χ0v) is 11.4. The van der Waals surface area contributed by atoms with E-state index in [1.165, 1.54) is 28.9 Å². The molecule has 1 aliphatic heterocycles. The number of carbonyl (C=O) groups is 3. The van der Waals surface area contributed by atoms with Gasteiger partial charge in [-0.3, -0.25) is 9.59 Å². The molecule has 1 fully saturated rings. The van der Waals surface area contributed by atoms with Crippen molar-refractivity contribution in [3.63, 3.8) is 0 Å². The lowest BCUT2D eigenvalue weighted by Crippen LogP contribution is -2.37. The summed E-state index contributed by atoms with van der Waals surface area (Å²) in [6.45, 7) is 0.299. The van der Waals surface area contributed by atoms with Gasteiger partial charge in [0.05, 0.1) is 11.6 Å². The number of nitrogens with one attached hydrogen (secondary N) is 1. The fourth-order valence-electron chi connectivity index (χ4n) is 1.63. The zero-order chi connectivity index (χ0) is 14.5. The minimum Gasteiger partial charge on any atom is -0.477 e. The van der Waals surface area contributed by atoms with E-state index < -0.39 is 5.97 Å². The number of amides is 2. The Morgan fingerprint density at radius 2 is 2.25 bits per heavy atom. The Labute approximate surface area is 119 Å². The van der Waals surface area contributed by atoms with Crippen molar-refractivity contribution in [2.75, 3.05) is 18.2 Å². The van der Waals surface area contributed by atoms with Gasteiger partial charge in [0.15, 0.2) is 0 Å². The summed E-state index contributed by atoms with van der Waals surface area (Å²) in [4.78, 5) is 38.9. The van der Waals surface area contributed by atoms with Crippen LogP contribution in [0.2, 0.25) is 0 Å². The number of aromatic nitrogens is 1. The Hall–Kier alpha value is -2.09. The van der Waals surface area contributed by atoms with Crippen molar-refractivity contribution < 1.29 is 19.5 Å². The van der Waals surface area contributed by atoms with Crippen LogP contribution < -0.4 is 5.32 Å². The molecule has 0 saturated carbocycles. The molecular weight excluding hydrogens is 282 g/mol. The maximum absolute atomic E-state index is 11.7. The summed E-state index contributed by atoms with van der Waals surface area (Å²) >= 11 is 1.48. The molecule has 7 nitrogen and oxygen atoms in total. The summed E-state index contributed by atoms with van der Waals surface area (Å²) in [5, 5.41) is 11.4. The summed E-state index contributed by atoms with van der Waals surface area (Å²) in [7, 11) is 0. The maximum Gasteiger partial charge on any atom is 0.354 e. The van der Waals surface area contributed by atoms with Crippen LogP contribution in [0.5, 0.6) is 0 Å². The molecule has 0 bridgehead atoms. The Kier molecular flexibility index (Phi) is 4.57. The van der Waals surface area contributed by atoms with Crippen molar-refractivity contribution >= 4 is 29.5 Å². The lowest BCUT2D eigenvalue weighted by molar-refractivity contribution is -0.132. The van der Waals surface area contributed by atoms with Crippen LogP contribution in [0.3, 0.4) is 0 Å². The molecule has 2 rings (SSSR count). The van der Waals surface area contributed by atoms with Gasteiger partial charge in [-0.05, 0) is 11.6 Å². The van der Waals surface area contributed by atoms with Gasteiger partial charge in [0.2, 0.25) is 11.8 Å². The first-order valence-corrected chi connectivity index (χ1v) is 7.02. The molecule has 2 N–H and O–H groups in total. The second-order valence-electron chi connectivity index (χ2n) is 4.20. The van der Waals surface area contributed by atoms with Gasteiger partial charge in [-0.25, -0.2) is 9.78 Å². The van der Waals surface area contributed by atoms with Crippen LogP contribution in [-0.2, 0) is 16.1 Å². The molecule has 2 heterocycles. The Morgan fingerprint density at radius 1 is 1.45 bits per heavy atom. The highest BCUT2D eigenvalue weighted by Crippen LogP contribution is 2.13. The highest BCUT2D eigenvalue weighted by molar-refractivity contribution is 8.00. The summed E-state index contributed by atoms with van der Waals surface area (Å²) in [6, 6.07) is 2.97. The summed E-state index contributed by atoms with van der Waals surface area (Å²) < 4.78 is 0. The first-order chi connectivity index (χ1) is 9.56. The number of hydrogen-bond acceptors (Lipinski definition) is 5. The molecule has 0 aliphatic carbocycles. The van der Waals surface area contributed by atoms with E-state index in [0.717, 1.165) is 0 Å².